The molecule has 1 aromatic carbocycles. The summed E-state index contributed by atoms with van der Waals surface area (Å²) in [7, 11) is 5.59. The summed E-state index contributed by atoms with van der Waals surface area (Å²) in [5.74, 6) is 0.462. The van der Waals surface area contributed by atoms with Crippen LogP contribution in [0.4, 0.5) is 0 Å². The van der Waals surface area contributed by atoms with Gasteiger partial charge in [-0.15, -0.1) is 0 Å². The Morgan fingerprint density at radius 1 is 1.33 bits per heavy atom. The third-order valence-corrected chi connectivity index (χ3v) is 5.16. The maximum atomic E-state index is 12.1. The van der Waals surface area contributed by atoms with Gasteiger partial charge in [0.25, 0.3) is 0 Å². The number of nitrogens with zero attached hydrogens (tertiary/aromatic N) is 2. The highest BCUT2D eigenvalue weighted by molar-refractivity contribution is 9.10. The van der Waals surface area contributed by atoms with Crippen LogP contribution in [0.5, 0.6) is 0 Å². The average molecular weight is 354 g/mol. The van der Waals surface area contributed by atoms with Crippen molar-refractivity contribution in [1.82, 2.24) is 14.5 Å². The number of halogens is 1. The molecule has 2 atom stereocenters. The van der Waals surface area contributed by atoms with Gasteiger partial charge in [0, 0.05) is 37.1 Å². The molecule has 114 valence electrons. The Balaban J connectivity index is 2.15. The molecule has 1 saturated heterocycles. The maximum absolute atomic E-state index is 12.1. The molecule has 21 heavy (non-hydrogen) atoms. The highest BCUT2D eigenvalue weighted by Crippen LogP contribution is 2.35. The number of nitrogens with one attached hydrogen (secondary N) is 1. The van der Waals surface area contributed by atoms with Crippen LogP contribution in [0.2, 0.25) is 0 Å². The number of hydrogen-bond acceptors (Lipinski definition) is 3. The molecule has 1 aromatic heterocycles. The number of rotatable bonds is 3. The van der Waals surface area contributed by atoms with Crippen LogP contribution >= 0.6 is 15.9 Å². The molecular weight excluding hydrogens is 334 g/mol. The van der Waals surface area contributed by atoms with Gasteiger partial charge < -0.3 is 10.1 Å². The second-order valence-electron chi connectivity index (χ2n) is 5.65. The molecule has 1 fully saturated rings. The fourth-order valence-corrected chi connectivity index (χ4v) is 3.81. The predicted molar refractivity (Wildman–Crippen MR) is 86.6 cm³/mol. The van der Waals surface area contributed by atoms with Crippen LogP contribution in [0.15, 0.2) is 21.4 Å². The minimum Gasteiger partial charge on any atom is -0.381 e. The smallest absolute Gasteiger partial charge is 0.328 e. The molecule has 5 nitrogen and oxygen atoms in total. The third kappa shape index (κ3) is 2.35. The topological polar surface area (TPSA) is 48.2 Å². The molecule has 0 saturated carbocycles. The zero-order chi connectivity index (χ0) is 15.1. The number of ether oxygens (including phenoxy) is 1. The summed E-state index contributed by atoms with van der Waals surface area (Å²) >= 11 is 3.67. The molecule has 1 N–H and O–H groups in total. The Bertz CT molecular complexity index is 729. The van der Waals surface area contributed by atoms with E-state index < -0.39 is 0 Å². The summed E-state index contributed by atoms with van der Waals surface area (Å²) in [5.41, 5.74) is 3.08. The van der Waals surface area contributed by atoms with E-state index in [1.807, 2.05) is 20.2 Å². The van der Waals surface area contributed by atoms with Crippen LogP contribution in [-0.2, 0) is 18.8 Å². The van der Waals surface area contributed by atoms with Crippen molar-refractivity contribution in [3.05, 3.63) is 32.7 Å². The maximum Gasteiger partial charge on any atom is 0.328 e. The normalized spacial score (nSPS) is 20.3. The third-order valence-electron chi connectivity index (χ3n) is 4.47. The van der Waals surface area contributed by atoms with Gasteiger partial charge in [0.1, 0.15) is 0 Å². The van der Waals surface area contributed by atoms with E-state index in [0.717, 1.165) is 35.1 Å². The van der Waals surface area contributed by atoms with E-state index in [-0.39, 0.29) is 11.7 Å². The van der Waals surface area contributed by atoms with E-state index in [4.69, 9.17) is 4.74 Å². The van der Waals surface area contributed by atoms with E-state index in [2.05, 4.69) is 27.3 Å². The van der Waals surface area contributed by atoms with Gasteiger partial charge in [0.2, 0.25) is 0 Å². The molecule has 0 aliphatic carbocycles. The molecule has 2 aromatic rings. The van der Waals surface area contributed by atoms with Gasteiger partial charge in [0.05, 0.1) is 17.6 Å². The van der Waals surface area contributed by atoms with Crippen molar-refractivity contribution in [3.63, 3.8) is 0 Å². The van der Waals surface area contributed by atoms with Gasteiger partial charge in [-0.2, -0.15) is 0 Å². The summed E-state index contributed by atoms with van der Waals surface area (Å²) in [4.78, 5) is 12.1. The lowest BCUT2D eigenvalue weighted by molar-refractivity contribution is 0.177. The minimum atomic E-state index is -0.000688. The molecule has 6 heteroatoms. The molecule has 0 radical (unpaired) electrons. The number of aromatic nitrogens is 2. The highest BCUT2D eigenvalue weighted by Gasteiger charge is 2.28. The fraction of sp³-hybridized carbons (Fsp3) is 0.533. The fourth-order valence-electron chi connectivity index (χ4n) is 3.23. The minimum absolute atomic E-state index is 0.000688. The summed E-state index contributed by atoms with van der Waals surface area (Å²) in [6.07, 6.45) is 1.06. The first-order valence-electron chi connectivity index (χ1n) is 7.14. The van der Waals surface area contributed by atoms with Crippen molar-refractivity contribution in [2.45, 2.75) is 12.5 Å². The lowest BCUT2D eigenvalue weighted by Crippen LogP contribution is -2.26. The first-order valence-corrected chi connectivity index (χ1v) is 7.93. The SMILES string of the molecule is CNC(c1cc2c(cc1Br)n(C)c(=O)n2C)C1CCOC1. The lowest BCUT2D eigenvalue weighted by atomic mass is 9.92. The molecule has 1 aliphatic rings. The molecule has 0 bridgehead atoms. The number of aryl methyl sites for hydroxylation is 2. The highest BCUT2D eigenvalue weighted by atomic mass is 79.9. The van der Waals surface area contributed by atoms with Crippen LogP contribution in [0.1, 0.15) is 18.0 Å². The van der Waals surface area contributed by atoms with Gasteiger partial charge in [-0.3, -0.25) is 9.13 Å². The Hall–Kier alpha value is -1.11. The van der Waals surface area contributed by atoms with Gasteiger partial charge in [-0.25, -0.2) is 4.79 Å². The van der Waals surface area contributed by atoms with Crippen LogP contribution < -0.4 is 11.0 Å². The Morgan fingerprint density at radius 3 is 2.57 bits per heavy atom. The Morgan fingerprint density at radius 2 is 2.00 bits per heavy atom. The quantitative estimate of drug-likeness (QED) is 0.917. The summed E-state index contributed by atoms with van der Waals surface area (Å²) in [5, 5.41) is 3.40. The Kier molecular flexibility index (Phi) is 3.94. The number of hydrogen-bond donors (Lipinski definition) is 1. The van der Waals surface area contributed by atoms with E-state index in [1.165, 1.54) is 5.56 Å². The second kappa shape index (κ2) is 5.59. The molecule has 0 spiro atoms. The van der Waals surface area contributed by atoms with Crippen molar-refractivity contribution in [3.8, 4) is 0 Å². The average Bonchev–Trinajstić information content (AvgIpc) is 3.06. The van der Waals surface area contributed by atoms with Gasteiger partial charge in [-0.05, 0) is 31.2 Å². The number of imidazole rings is 1. The summed E-state index contributed by atoms with van der Waals surface area (Å²) in [6, 6.07) is 4.37. The van der Waals surface area contributed by atoms with E-state index in [0.29, 0.717) is 5.92 Å². The standard InChI is InChI=1S/C15H20BrN3O2/c1-17-14(9-4-5-21-8-9)10-6-12-13(7-11(10)16)19(3)15(20)18(12)2/h6-7,9,14,17H,4-5,8H2,1-3H3. The van der Waals surface area contributed by atoms with Crippen LogP contribution in [0.25, 0.3) is 11.0 Å². The lowest BCUT2D eigenvalue weighted by Gasteiger charge is -2.23. The summed E-state index contributed by atoms with van der Waals surface area (Å²) in [6.45, 7) is 1.61. The number of fused-ring (bicyclic) bond motifs is 1. The van der Waals surface area contributed by atoms with Crippen LogP contribution in [-0.4, -0.2) is 29.4 Å². The van der Waals surface area contributed by atoms with Crippen LogP contribution in [0.3, 0.4) is 0 Å². The van der Waals surface area contributed by atoms with Gasteiger partial charge >= 0.3 is 5.69 Å². The van der Waals surface area contributed by atoms with Crippen molar-refractivity contribution < 1.29 is 4.74 Å². The van der Waals surface area contributed by atoms with E-state index >= 15 is 0 Å². The van der Waals surface area contributed by atoms with Gasteiger partial charge in [0.15, 0.2) is 0 Å². The van der Waals surface area contributed by atoms with Crippen molar-refractivity contribution in [2.75, 3.05) is 20.3 Å². The van der Waals surface area contributed by atoms with Crippen molar-refractivity contribution in [1.29, 1.82) is 0 Å². The van der Waals surface area contributed by atoms with Gasteiger partial charge in [-0.1, -0.05) is 15.9 Å². The monoisotopic (exact) mass is 353 g/mol. The van der Waals surface area contributed by atoms with Crippen LogP contribution in [0, 0.1) is 5.92 Å². The zero-order valence-electron chi connectivity index (χ0n) is 12.5. The second-order valence-corrected chi connectivity index (χ2v) is 6.51. The van der Waals surface area contributed by atoms with Crippen molar-refractivity contribution >= 4 is 27.0 Å². The summed E-state index contributed by atoms with van der Waals surface area (Å²) < 4.78 is 9.93. The number of benzene rings is 1. The molecule has 0 amide bonds. The molecular formula is C15H20BrN3O2. The molecule has 1 aliphatic heterocycles. The van der Waals surface area contributed by atoms with E-state index in [1.54, 1.807) is 16.2 Å². The predicted octanol–water partition coefficient (Wildman–Crippen LogP) is 1.94. The van der Waals surface area contributed by atoms with Crippen molar-refractivity contribution in [2.24, 2.45) is 20.0 Å². The largest absolute Gasteiger partial charge is 0.381 e. The van der Waals surface area contributed by atoms with E-state index in [9.17, 15) is 4.79 Å². The first kappa shape index (κ1) is 14.8. The molecule has 2 unspecified atom stereocenters. The zero-order valence-corrected chi connectivity index (χ0v) is 14.1. The molecule has 2 heterocycles. The first-order chi connectivity index (χ1) is 10.0. The Labute approximate surface area is 132 Å². The molecule has 3 rings (SSSR count).